The monoisotopic (exact) mass is 228 g/mol. The molecule has 0 aromatic rings. The summed E-state index contributed by atoms with van der Waals surface area (Å²) in [7, 11) is 4.22. The molecule has 0 spiro atoms. The van der Waals surface area contributed by atoms with Gasteiger partial charge < -0.3 is 15.0 Å². The second-order valence-corrected chi connectivity index (χ2v) is 5.42. The summed E-state index contributed by atoms with van der Waals surface area (Å²) in [6, 6.07) is 0.577. The quantitative estimate of drug-likeness (QED) is 0.607. The second kappa shape index (κ2) is 7.25. The van der Waals surface area contributed by atoms with E-state index < -0.39 is 0 Å². The molecule has 1 aliphatic carbocycles. The molecule has 1 fully saturated rings. The van der Waals surface area contributed by atoms with Gasteiger partial charge in [-0.05, 0) is 38.8 Å². The van der Waals surface area contributed by atoms with Gasteiger partial charge in [0.1, 0.15) is 0 Å². The van der Waals surface area contributed by atoms with Crippen LogP contribution in [0.1, 0.15) is 26.7 Å². The zero-order valence-electron chi connectivity index (χ0n) is 11.3. The second-order valence-electron chi connectivity index (χ2n) is 5.42. The molecular weight excluding hydrogens is 200 g/mol. The molecule has 1 saturated carbocycles. The average Bonchev–Trinajstić information content (AvgIpc) is 3.04. The first-order chi connectivity index (χ1) is 7.63. The van der Waals surface area contributed by atoms with E-state index in [4.69, 9.17) is 4.74 Å². The van der Waals surface area contributed by atoms with Crippen molar-refractivity contribution >= 4 is 0 Å². The van der Waals surface area contributed by atoms with Gasteiger partial charge in [0.15, 0.2) is 0 Å². The number of nitrogens with zero attached hydrogens (tertiary/aromatic N) is 1. The lowest BCUT2D eigenvalue weighted by atomic mass is 10.0. The average molecular weight is 228 g/mol. The summed E-state index contributed by atoms with van der Waals surface area (Å²) >= 11 is 0. The van der Waals surface area contributed by atoms with Gasteiger partial charge in [0.2, 0.25) is 0 Å². The summed E-state index contributed by atoms with van der Waals surface area (Å²) in [6.45, 7) is 8.52. The van der Waals surface area contributed by atoms with Crippen LogP contribution in [0.15, 0.2) is 0 Å². The third kappa shape index (κ3) is 5.83. The first kappa shape index (κ1) is 13.9. The number of hydrogen-bond donors (Lipinski definition) is 1. The van der Waals surface area contributed by atoms with E-state index in [0.717, 1.165) is 32.2 Å². The molecule has 1 N–H and O–H groups in total. The highest BCUT2D eigenvalue weighted by molar-refractivity contribution is 4.73. The zero-order valence-corrected chi connectivity index (χ0v) is 11.3. The number of nitrogens with one attached hydrogen (secondary N) is 1. The largest absolute Gasteiger partial charge is 0.380 e. The normalized spacial score (nSPS) is 18.4. The van der Waals surface area contributed by atoms with Gasteiger partial charge in [0, 0.05) is 25.7 Å². The van der Waals surface area contributed by atoms with Crippen molar-refractivity contribution in [1.82, 2.24) is 10.2 Å². The first-order valence-corrected chi connectivity index (χ1v) is 6.57. The molecule has 0 aromatic carbocycles. The summed E-state index contributed by atoms with van der Waals surface area (Å²) < 4.78 is 5.64. The third-order valence-corrected chi connectivity index (χ3v) is 3.35. The van der Waals surface area contributed by atoms with Crippen LogP contribution in [-0.4, -0.2) is 51.3 Å². The molecular formula is C13H28N2O. The van der Waals surface area contributed by atoms with E-state index in [9.17, 15) is 0 Å². The highest BCUT2D eigenvalue weighted by atomic mass is 16.5. The number of hydrogen-bond acceptors (Lipinski definition) is 3. The fourth-order valence-corrected chi connectivity index (χ4v) is 1.82. The van der Waals surface area contributed by atoms with Gasteiger partial charge in [-0.2, -0.15) is 0 Å². The zero-order chi connectivity index (χ0) is 12.0. The Morgan fingerprint density at radius 3 is 2.56 bits per heavy atom. The van der Waals surface area contributed by atoms with Crippen LogP contribution in [0.5, 0.6) is 0 Å². The van der Waals surface area contributed by atoms with E-state index >= 15 is 0 Å². The molecule has 1 rings (SSSR count). The molecule has 0 heterocycles. The van der Waals surface area contributed by atoms with Crippen molar-refractivity contribution in [2.24, 2.45) is 11.8 Å². The molecule has 16 heavy (non-hydrogen) atoms. The molecule has 0 aliphatic heterocycles. The van der Waals surface area contributed by atoms with Gasteiger partial charge in [-0.1, -0.05) is 13.8 Å². The predicted molar refractivity (Wildman–Crippen MR) is 68.7 cm³/mol. The van der Waals surface area contributed by atoms with Crippen LogP contribution < -0.4 is 5.32 Å². The number of rotatable bonds is 9. The van der Waals surface area contributed by atoms with E-state index in [-0.39, 0.29) is 0 Å². The van der Waals surface area contributed by atoms with Gasteiger partial charge in [-0.15, -0.1) is 0 Å². The van der Waals surface area contributed by atoms with Crippen molar-refractivity contribution in [3.05, 3.63) is 0 Å². The maximum Gasteiger partial charge on any atom is 0.0593 e. The molecule has 0 amide bonds. The van der Waals surface area contributed by atoms with Crippen LogP contribution in [0.25, 0.3) is 0 Å². The van der Waals surface area contributed by atoms with Crippen LogP contribution in [-0.2, 0) is 4.74 Å². The maximum atomic E-state index is 5.64. The first-order valence-electron chi connectivity index (χ1n) is 6.57. The molecule has 96 valence electrons. The topological polar surface area (TPSA) is 24.5 Å². The fourth-order valence-electron chi connectivity index (χ4n) is 1.82. The van der Waals surface area contributed by atoms with Gasteiger partial charge >= 0.3 is 0 Å². The molecule has 0 saturated heterocycles. The third-order valence-electron chi connectivity index (χ3n) is 3.35. The van der Waals surface area contributed by atoms with E-state index in [1.54, 1.807) is 0 Å². The molecule has 1 unspecified atom stereocenters. The minimum absolute atomic E-state index is 0.577. The molecule has 3 nitrogen and oxygen atoms in total. The molecule has 0 aromatic heterocycles. The van der Waals surface area contributed by atoms with Crippen molar-refractivity contribution in [2.75, 3.05) is 40.4 Å². The molecule has 0 bridgehead atoms. The summed E-state index contributed by atoms with van der Waals surface area (Å²) in [5.41, 5.74) is 0. The van der Waals surface area contributed by atoms with Crippen molar-refractivity contribution in [3.63, 3.8) is 0 Å². The lowest BCUT2D eigenvalue weighted by Gasteiger charge is -2.26. The standard InChI is InChI=1S/C13H28N2O/c1-11(2)13(14-3)9-15(4)7-8-16-10-12-5-6-12/h11-14H,5-10H2,1-4H3. The Balaban J connectivity index is 2.01. The summed E-state index contributed by atoms with van der Waals surface area (Å²) in [4.78, 5) is 2.36. The summed E-state index contributed by atoms with van der Waals surface area (Å²) in [6.07, 6.45) is 2.76. The van der Waals surface area contributed by atoms with Gasteiger partial charge in [-0.25, -0.2) is 0 Å². The highest BCUT2D eigenvalue weighted by Crippen LogP contribution is 2.28. The van der Waals surface area contributed by atoms with Crippen LogP contribution >= 0.6 is 0 Å². The SMILES string of the molecule is CNC(CN(C)CCOCC1CC1)C(C)C. The summed E-state index contributed by atoms with van der Waals surface area (Å²) in [5.74, 6) is 1.56. The number of likely N-dealkylation sites (N-methyl/N-ethyl adjacent to an activating group) is 2. The lowest BCUT2D eigenvalue weighted by Crippen LogP contribution is -2.42. The van der Waals surface area contributed by atoms with Crippen molar-refractivity contribution in [1.29, 1.82) is 0 Å². The smallest absolute Gasteiger partial charge is 0.0593 e. The van der Waals surface area contributed by atoms with Crippen molar-refractivity contribution in [2.45, 2.75) is 32.7 Å². The minimum Gasteiger partial charge on any atom is -0.380 e. The van der Waals surface area contributed by atoms with Gasteiger partial charge in [0.25, 0.3) is 0 Å². The maximum absolute atomic E-state index is 5.64. The Bertz CT molecular complexity index is 181. The van der Waals surface area contributed by atoms with Gasteiger partial charge in [-0.3, -0.25) is 0 Å². The summed E-state index contributed by atoms with van der Waals surface area (Å²) in [5, 5.41) is 3.37. The lowest BCUT2D eigenvalue weighted by molar-refractivity contribution is 0.0992. The number of ether oxygens (including phenoxy) is 1. The molecule has 3 heteroatoms. The van der Waals surface area contributed by atoms with Crippen LogP contribution in [0, 0.1) is 11.8 Å². The Hall–Kier alpha value is -0.120. The molecule has 1 atom stereocenters. The van der Waals surface area contributed by atoms with Crippen LogP contribution in [0.4, 0.5) is 0 Å². The molecule has 0 radical (unpaired) electrons. The Labute approximate surface area is 101 Å². The van der Waals surface area contributed by atoms with Crippen molar-refractivity contribution < 1.29 is 4.74 Å². The Morgan fingerprint density at radius 2 is 2.06 bits per heavy atom. The Kier molecular flexibility index (Phi) is 6.32. The van der Waals surface area contributed by atoms with E-state index in [2.05, 4.69) is 31.1 Å². The predicted octanol–water partition coefficient (Wildman–Crippen LogP) is 1.59. The highest BCUT2D eigenvalue weighted by Gasteiger charge is 2.21. The fraction of sp³-hybridized carbons (Fsp3) is 1.00. The Morgan fingerprint density at radius 1 is 1.38 bits per heavy atom. The van der Waals surface area contributed by atoms with E-state index in [1.165, 1.54) is 12.8 Å². The van der Waals surface area contributed by atoms with Crippen molar-refractivity contribution in [3.8, 4) is 0 Å². The van der Waals surface area contributed by atoms with Gasteiger partial charge in [0.05, 0.1) is 6.61 Å². The molecule has 1 aliphatic rings. The van der Waals surface area contributed by atoms with Crippen LogP contribution in [0.3, 0.4) is 0 Å². The van der Waals surface area contributed by atoms with Crippen LogP contribution in [0.2, 0.25) is 0 Å². The van der Waals surface area contributed by atoms with E-state index in [0.29, 0.717) is 12.0 Å². The van der Waals surface area contributed by atoms with E-state index in [1.807, 2.05) is 7.05 Å². The minimum atomic E-state index is 0.577.